The molecule has 1 saturated heterocycles. The van der Waals surface area contributed by atoms with Crippen LogP contribution in [-0.4, -0.2) is 92.6 Å². The van der Waals surface area contributed by atoms with Gasteiger partial charge in [-0.2, -0.15) is 0 Å². The Balaban J connectivity index is 2.02. The molecule has 1 fully saturated rings. The summed E-state index contributed by atoms with van der Waals surface area (Å²) >= 11 is 0. The van der Waals surface area contributed by atoms with Crippen molar-refractivity contribution in [1.29, 1.82) is 0 Å². The van der Waals surface area contributed by atoms with Crippen molar-refractivity contribution in [1.82, 2.24) is 9.80 Å². The molecule has 0 aromatic carbocycles. The maximum atomic E-state index is 12.0. The molecule has 0 spiro atoms. The van der Waals surface area contributed by atoms with E-state index in [-0.39, 0.29) is 23.4 Å². The van der Waals surface area contributed by atoms with Crippen LogP contribution in [0.25, 0.3) is 0 Å². The zero-order valence-electron chi connectivity index (χ0n) is 14.0. The van der Waals surface area contributed by atoms with E-state index in [0.717, 1.165) is 38.5 Å². The van der Waals surface area contributed by atoms with Crippen molar-refractivity contribution in [3.63, 3.8) is 0 Å². The second-order valence-corrected chi connectivity index (χ2v) is 8.59. The molecule has 6 heteroatoms. The van der Waals surface area contributed by atoms with E-state index in [4.69, 9.17) is 9.47 Å². The highest BCUT2D eigenvalue weighted by Crippen LogP contribution is 2.11. The lowest BCUT2D eigenvalue weighted by molar-refractivity contribution is -0.138. The summed E-state index contributed by atoms with van der Waals surface area (Å²) in [5, 5.41) is 0. The van der Waals surface area contributed by atoms with Gasteiger partial charge in [0.25, 0.3) is 0 Å². The summed E-state index contributed by atoms with van der Waals surface area (Å²) in [5.41, 5.74) is 0. The van der Waals surface area contributed by atoms with Gasteiger partial charge in [-0.1, -0.05) is 0 Å². The summed E-state index contributed by atoms with van der Waals surface area (Å²) in [6.45, 7) is 10.0. The summed E-state index contributed by atoms with van der Waals surface area (Å²) in [6.07, 6.45) is 4.49. The molecule has 1 amide bonds. The Labute approximate surface area is 132 Å². The standard InChI is InChI=1S/C15H32N2O3S/c1-14(2)16-5-7-17(8-6-16)15(18)13-20-10-9-19-11-12-21(3)4/h14,21H,5-13H2,1-4H3. The topological polar surface area (TPSA) is 42.0 Å². The Kier molecular flexibility index (Phi) is 9.31. The zero-order chi connectivity index (χ0) is 15.7. The van der Waals surface area contributed by atoms with Gasteiger partial charge in [-0.15, -0.1) is 0 Å². The molecule has 0 atom stereocenters. The predicted octanol–water partition coefficient (Wildman–Crippen LogP) is 0.833. The van der Waals surface area contributed by atoms with Crippen LogP contribution in [0.4, 0.5) is 0 Å². The predicted molar refractivity (Wildman–Crippen MR) is 90.6 cm³/mol. The molecule has 1 aliphatic heterocycles. The Bertz CT molecular complexity index is 293. The average Bonchev–Trinajstić information content (AvgIpc) is 2.45. The van der Waals surface area contributed by atoms with Crippen LogP contribution in [-0.2, 0) is 14.3 Å². The highest BCUT2D eigenvalue weighted by Gasteiger charge is 2.22. The van der Waals surface area contributed by atoms with Gasteiger partial charge in [0.2, 0.25) is 5.91 Å². The Morgan fingerprint density at radius 3 is 2.24 bits per heavy atom. The van der Waals surface area contributed by atoms with Gasteiger partial charge in [-0.25, -0.2) is 0 Å². The van der Waals surface area contributed by atoms with Crippen LogP contribution in [0.1, 0.15) is 13.8 Å². The van der Waals surface area contributed by atoms with Crippen LogP contribution >= 0.6 is 10.9 Å². The summed E-state index contributed by atoms with van der Waals surface area (Å²) in [7, 11) is 0.117. The minimum absolute atomic E-state index is 0.101. The van der Waals surface area contributed by atoms with E-state index < -0.39 is 0 Å². The lowest BCUT2D eigenvalue weighted by atomic mass is 10.2. The van der Waals surface area contributed by atoms with Crippen molar-refractivity contribution in [2.75, 3.05) is 70.9 Å². The van der Waals surface area contributed by atoms with Gasteiger partial charge < -0.3 is 14.4 Å². The van der Waals surface area contributed by atoms with Gasteiger partial charge >= 0.3 is 0 Å². The van der Waals surface area contributed by atoms with Crippen LogP contribution in [0.3, 0.4) is 0 Å². The second kappa shape index (κ2) is 10.4. The monoisotopic (exact) mass is 320 g/mol. The number of thiol groups is 1. The summed E-state index contributed by atoms with van der Waals surface area (Å²) in [4.78, 5) is 16.3. The molecule has 0 unspecified atom stereocenters. The Hall–Kier alpha value is -0.300. The molecule has 0 N–H and O–H groups in total. The summed E-state index contributed by atoms with van der Waals surface area (Å²) in [6, 6.07) is 0.558. The molecule has 0 aromatic rings. The SMILES string of the molecule is CC(C)N1CCN(C(=O)COCCOCC[SH](C)C)CC1. The third-order valence-electron chi connectivity index (χ3n) is 3.68. The fraction of sp³-hybridized carbons (Fsp3) is 0.933. The largest absolute Gasteiger partial charge is 0.378 e. The average molecular weight is 320 g/mol. The Morgan fingerprint density at radius 2 is 1.67 bits per heavy atom. The molecule has 1 aliphatic rings. The molecule has 0 bridgehead atoms. The molecular weight excluding hydrogens is 288 g/mol. The van der Waals surface area contributed by atoms with E-state index in [1.165, 1.54) is 0 Å². The fourth-order valence-corrected chi connectivity index (χ4v) is 2.70. The molecule has 0 aliphatic carbocycles. The minimum atomic E-state index is 0.101. The molecule has 0 aromatic heterocycles. The normalized spacial score (nSPS) is 17.4. The molecule has 5 nitrogen and oxygen atoms in total. The first-order valence-electron chi connectivity index (χ1n) is 7.82. The third-order valence-corrected chi connectivity index (χ3v) is 4.75. The highest BCUT2D eigenvalue weighted by atomic mass is 32.2. The smallest absolute Gasteiger partial charge is 0.248 e. The number of amides is 1. The van der Waals surface area contributed by atoms with E-state index in [2.05, 4.69) is 31.3 Å². The van der Waals surface area contributed by atoms with Crippen LogP contribution in [0.5, 0.6) is 0 Å². The number of carbonyl (C=O) groups is 1. The van der Waals surface area contributed by atoms with E-state index in [1.807, 2.05) is 4.90 Å². The van der Waals surface area contributed by atoms with Gasteiger partial charge in [-0.3, -0.25) is 20.6 Å². The maximum absolute atomic E-state index is 12.0. The van der Waals surface area contributed by atoms with Gasteiger partial charge in [0.1, 0.15) is 6.61 Å². The van der Waals surface area contributed by atoms with Gasteiger partial charge in [0.05, 0.1) is 19.8 Å². The first kappa shape index (κ1) is 18.7. The van der Waals surface area contributed by atoms with Crippen molar-refractivity contribution < 1.29 is 14.3 Å². The maximum Gasteiger partial charge on any atom is 0.248 e. The summed E-state index contributed by atoms with van der Waals surface area (Å²) in [5.74, 6) is 1.23. The number of ether oxygens (including phenoxy) is 2. The number of nitrogens with zero attached hydrogens (tertiary/aromatic N) is 2. The van der Waals surface area contributed by atoms with Gasteiger partial charge in [-0.05, 0) is 32.1 Å². The number of hydrogen-bond acceptors (Lipinski definition) is 4. The first-order chi connectivity index (χ1) is 10.0. The van der Waals surface area contributed by atoms with Crippen molar-refractivity contribution in [2.45, 2.75) is 19.9 Å². The van der Waals surface area contributed by atoms with Crippen molar-refractivity contribution in [3.05, 3.63) is 0 Å². The van der Waals surface area contributed by atoms with Crippen LogP contribution in [0.15, 0.2) is 0 Å². The van der Waals surface area contributed by atoms with E-state index in [9.17, 15) is 4.79 Å². The lowest BCUT2D eigenvalue weighted by Crippen LogP contribution is -2.51. The van der Waals surface area contributed by atoms with E-state index in [1.54, 1.807) is 0 Å². The van der Waals surface area contributed by atoms with Crippen LogP contribution in [0, 0.1) is 0 Å². The number of piperazine rings is 1. The number of hydrogen-bond donors (Lipinski definition) is 1. The molecule has 1 heterocycles. The fourth-order valence-electron chi connectivity index (χ4n) is 2.21. The van der Waals surface area contributed by atoms with Crippen LogP contribution < -0.4 is 0 Å². The molecule has 21 heavy (non-hydrogen) atoms. The third kappa shape index (κ3) is 8.04. The zero-order valence-corrected chi connectivity index (χ0v) is 14.9. The number of carbonyl (C=O) groups excluding carboxylic acids is 1. The second-order valence-electron chi connectivity index (χ2n) is 5.98. The molecule has 0 saturated carbocycles. The van der Waals surface area contributed by atoms with Crippen molar-refractivity contribution in [2.24, 2.45) is 0 Å². The molecule has 126 valence electrons. The van der Waals surface area contributed by atoms with E-state index >= 15 is 0 Å². The Morgan fingerprint density at radius 1 is 1.05 bits per heavy atom. The van der Waals surface area contributed by atoms with Gasteiger partial charge in [0, 0.05) is 32.2 Å². The minimum Gasteiger partial charge on any atom is -0.378 e. The van der Waals surface area contributed by atoms with Crippen LogP contribution in [0.2, 0.25) is 0 Å². The van der Waals surface area contributed by atoms with Crippen molar-refractivity contribution in [3.8, 4) is 0 Å². The lowest BCUT2D eigenvalue weighted by Gasteiger charge is -2.36. The molecule has 1 rings (SSSR count). The molecular formula is C15H32N2O3S. The first-order valence-corrected chi connectivity index (χ1v) is 10.2. The highest BCUT2D eigenvalue weighted by molar-refractivity contribution is 8.15. The summed E-state index contributed by atoms with van der Waals surface area (Å²) < 4.78 is 10.9. The number of rotatable bonds is 9. The molecule has 0 radical (unpaired) electrons. The van der Waals surface area contributed by atoms with Crippen molar-refractivity contribution >= 4 is 16.8 Å². The van der Waals surface area contributed by atoms with E-state index in [0.29, 0.717) is 19.3 Å². The quantitative estimate of drug-likeness (QED) is 0.505. The van der Waals surface area contributed by atoms with Gasteiger partial charge in [0.15, 0.2) is 0 Å².